The Hall–Kier alpha value is -1.07. The summed E-state index contributed by atoms with van der Waals surface area (Å²) in [6, 6.07) is 6.89. The Morgan fingerprint density at radius 1 is 1.11 bits per heavy atom. The lowest BCUT2D eigenvalue weighted by Gasteiger charge is -2.19. The van der Waals surface area contributed by atoms with Gasteiger partial charge in [-0.25, -0.2) is 0 Å². The van der Waals surface area contributed by atoms with Gasteiger partial charge in [0.1, 0.15) is 5.75 Å². The van der Waals surface area contributed by atoms with Gasteiger partial charge in [-0.2, -0.15) is 13.1 Å². The summed E-state index contributed by atoms with van der Waals surface area (Å²) in [5.41, 5.74) is 1.16. The van der Waals surface area contributed by atoms with E-state index in [1.807, 2.05) is 12.1 Å². The summed E-state index contributed by atoms with van der Waals surface area (Å²) in [4.78, 5) is 0. The molecule has 0 atom stereocenters. The molecular formula is C13H21NO3S. The lowest BCUT2D eigenvalue weighted by atomic mass is 9.87. The monoisotopic (exact) mass is 271 g/mol. The standard InChI is InChI=1S/C13H21NO3S/c1-10(2)14-18(15,16)17-12-8-6-11(7-9-12)13(3,4)5/h6-10,14H,1-5H3. The smallest absolute Gasteiger partial charge is 0.371 e. The lowest BCUT2D eigenvalue weighted by molar-refractivity contribution is 0.463. The zero-order chi connectivity index (χ0) is 14.0. The molecule has 0 saturated carbocycles. The highest BCUT2D eigenvalue weighted by molar-refractivity contribution is 7.85. The fraction of sp³-hybridized carbons (Fsp3) is 0.538. The quantitative estimate of drug-likeness (QED) is 0.915. The minimum Gasteiger partial charge on any atom is -0.371 e. The minimum atomic E-state index is -3.73. The molecule has 0 amide bonds. The van der Waals surface area contributed by atoms with Crippen molar-refractivity contribution in [2.45, 2.75) is 46.1 Å². The van der Waals surface area contributed by atoms with Gasteiger partial charge in [-0.1, -0.05) is 32.9 Å². The maximum Gasteiger partial charge on any atom is 0.382 e. The Kier molecular flexibility index (Phi) is 4.40. The molecule has 102 valence electrons. The van der Waals surface area contributed by atoms with E-state index < -0.39 is 10.3 Å². The third kappa shape index (κ3) is 4.66. The van der Waals surface area contributed by atoms with Gasteiger partial charge in [0.05, 0.1) is 0 Å². The van der Waals surface area contributed by atoms with Crippen molar-refractivity contribution in [2.75, 3.05) is 0 Å². The first kappa shape index (κ1) is 15.0. The first-order chi connectivity index (χ1) is 8.10. The van der Waals surface area contributed by atoms with Crippen molar-refractivity contribution < 1.29 is 12.6 Å². The molecular weight excluding hydrogens is 250 g/mol. The Bertz CT molecular complexity index is 484. The molecule has 0 unspecified atom stereocenters. The fourth-order valence-corrected chi connectivity index (χ4v) is 2.44. The summed E-state index contributed by atoms with van der Waals surface area (Å²) >= 11 is 0. The van der Waals surface area contributed by atoms with Gasteiger partial charge in [0.25, 0.3) is 0 Å². The predicted octanol–water partition coefficient (Wildman–Crippen LogP) is 2.61. The molecule has 4 nitrogen and oxygen atoms in total. The molecule has 18 heavy (non-hydrogen) atoms. The first-order valence-corrected chi connectivity index (χ1v) is 7.33. The molecule has 0 spiro atoms. The number of nitrogens with one attached hydrogen (secondary N) is 1. The van der Waals surface area contributed by atoms with Crippen LogP contribution in [-0.4, -0.2) is 14.5 Å². The van der Waals surface area contributed by atoms with E-state index in [-0.39, 0.29) is 11.5 Å². The largest absolute Gasteiger partial charge is 0.382 e. The van der Waals surface area contributed by atoms with Crippen molar-refractivity contribution in [2.24, 2.45) is 0 Å². The molecule has 1 aromatic carbocycles. The van der Waals surface area contributed by atoms with Crippen LogP contribution in [0.1, 0.15) is 40.2 Å². The van der Waals surface area contributed by atoms with Gasteiger partial charge in [0.2, 0.25) is 0 Å². The van der Waals surface area contributed by atoms with Gasteiger partial charge in [-0.3, -0.25) is 0 Å². The van der Waals surface area contributed by atoms with Crippen LogP contribution in [-0.2, 0) is 15.7 Å². The maximum atomic E-state index is 11.6. The molecule has 0 aliphatic rings. The highest BCUT2D eigenvalue weighted by atomic mass is 32.2. The van der Waals surface area contributed by atoms with Crippen LogP contribution in [0.4, 0.5) is 0 Å². The SMILES string of the molecule is CC(C)NS(=O)(=O)Oc1ccc(C(C)(C)C)cc1. The highest BCUT2D eigenvalue weighted by Crippen LogP contribution is 2.24. The second-order valence-electron chi connectivity index (χ2n) is 5.58. The number of rotatable bonds is 4. The van der Waals surface area contributed by atoms with Crippen LogP contribution < -0.4 is 8.91 Å². The van der Waals surface area contributed by atoms with E-state index in [2.05, 4.69) is 25.5 Å². The summed E-state index contributed by atoms with van der Waals surface area (Å²) < 4.78 is 30.4. The molecule has 0 aliphatic carbocycles. The van der Waals surface area contributed by atoms with Crippen molar-refractivity contribution in [3.05, 3.63) is 29.8 Å². The Morgan fingerprint density at radius 2 is 1.61 bits per heavy atom. The summed E-state index contributed by atoms with van der Waals surface area (Å²) in [5, 5.41) is 0. The third-order valence-electron chi connectivity index (χ3n) is 2.31. The zero-order valence-corrected chi connectivity index (χ0v) is 12.3. The van der Waals surface area contributed by atoms with Gasteiger partial charge in [-0.15, -0.1) is 0 Å². The van der Waals surface area contributed by atoms with E-state index in [0.29, 0.717) is 5.75 Å². The highest BCUT2D eigenvalue weighted by Gasteiger charge is 2.16. The van der Waals surface area contributed by atoms with E-state index in [4.69, 9.17) is 4.18 Å². The molecule has 0 radical (unpaired) electrons. The summed E-state index contributed by atoms with van der Waals surface area (Å²) in [5.74, 6) is 0.316. The molecule has 1 rings (SSSR count). The average Bonchev–Trinajstić information content (AvgIpc) is 2.13. The van der Waals surface area contributed by atoms with Gasteiger partial charge >= 0.3 is 10.3 Å². The molecule has 0 saturated heterocycles. The maximum absolute atomic E-state index is 11.6. The Morgan fingerprint density at radius 3 is 2.00 bits per heavy atom. The summed E-state index contributed by atoms with van der Waals surface area (Å²) in [7, 11) is -3.73. The van der Waals surface area contributed by atoms with Crippen LogP contribution in [0.3, 0.4) is 0 Å². The second kappa shape index (κ2) is 5.28. The second-order valence-corrected chi connectivity index (χ2v) is 6.90. The van der Waals surface area contributed by atoms with Gasteiger partial charge in [-0.05, 0) is 37.0 Å². The van der Waals surface area contributed by atoms with Gasteiger partial charge < -0.3 is 4.18 Å². The minimum absolute atomic E-state index is 0.0353. The molecule has 0 aliphatic heterocycles. The normalized spacial score (nSPS) is 12.8. The fourth-order valence-electron chi connectivity index (χ4n) is 1.45. The molecule has 0 heterocycles. The van der Waals surface area contributed by atoms with Crippen LogP contribution >= 0.6 is 0 Å². The van der Waals surface area contributed by atoms with E-state index >= 15 is 0 Å². The van der Waals surface area contributed by atoms with E-state index in [9.17, 15) is 8.42 Å². The van der Waals surface area contributed by atoms with Crippen molar-refractivity contribution in [1.29, 1.82) is 0 Å². The molecule has 5 heteroatoms. The predicted molar refractivity (Wildman–Crippen MR) is 73.0 cm³/mol. The average molecular weight is 271 g/mol. The van der Waals surface area contributed by atoms with Crippen LogP contribution in [0, 0.1) is 0 Å². The molecule has 0 fully saturated rings. The molecule has 0 aromatic heterocycles. The van der Waals surface area contributed by atoms with E-state index in [0.717, 1.165) is 5.56 Å². The lowest BCUT2D eigenvalue weighted by Crippen LogP contribution is -2.33. The Balaban J connectivity index is 2.82. The third-order valence-corrected chi connectivity index (χ3v) is 3.48. The van der Waals surface area contributed by atoms with Crippen molar-refractivity contribution in [3.8, 4) is 5.75 Å². The zero-order valence-electron chi connectivity index (χ0n) is 11.5. The van der Waals surface area contributed by atoms with Crippen molar-refractivity contribution in [3.63, 3.8) is 0 Å². The van der Waals surface area contributed by atoms with Crippen molar-refractivity contribution >= 4 is 10.3 Å². The van der Waals surface area contributed by atoms with Crippen LogP contribution in [0.2, 0.25) is 0 Å². The summed E-state index contributed by atoms with van der Waals surface area (Å²) in [6.07, 6.45) is 0. The number of hydrogen-bond acceptors (Lipinski definition) is 3. The Labute approximate surface area is 110 Å². The van der Waals surface area contributed by atoms with E-state index in [1.165, 1.54) is 0 Å². The molecule has 1 aromatic rings. The van der Waals surface area contributed by atoms with Crippen molar-refractivity contribution in [1.82, 2.24) is 4.72 Å². The van der Waals surface area contributed by atoms with Crippen LogP contribution in [0.5, 0.6) is 5.75 Å². The molecule has 0 bridgehead atoms. The van der Waals surface area contributed by atoms with Gasteiger partial charge in [0.15, 0.2) is 0 Å². The van der Waals surface area contributed by atoms with E-state index in [1.54, 1.807) is 26.0 Å². The summed E-state index contributed by atoms with van der Waals surface area (Å²) in [6.45, 7) is 9.77. The molecule has 1 N–H and O–H groups in total. The number of benzene rings is 1. The first-order valence-electron chi connectivity index (χ1n) is 5.92. The van der Waals surface area contributed by atoms with Gasteiger partial charge in [0, 0.05) is 6.04 Å². The van der Waals surface area contributed by atoms with Crippen LogP contribution in [0.25, 0.3) is 0 Å². The topological polar surface area (TPSA) is 55.4 Å². The number of hydrogen-bond donors (Lipinski definition) is 1. The van der Waals surface area contributed by atoms with Crippen LogP contribution in [0.15, 0.2) is 24.3 Å².